The zero-order valence-electron chi connectivity index (χ0n) is 8.24. The lowest BCUT2D eigenvalue weighted by molar-refractivity contribution is 0.153. The van der Waals surface area contributed by atoms with Crippen LogP contribution < -0.4 is 5.32 Å². The third kappa shape index (κ3) is 3.71. The molecule has 5 heteroatoms. The molecular formula is C10H11BrN2O2. The van der Waals surface area contributed by atoms with Gasteiger partial charge in [-0.05, 0) is 0 Å². The predicted molar refractivity (Wildman–Crippen MR) is 62.3 cm³/mol. The smallest absolute Gasteiger partial charge is 0.323 e. The van der Waals surface area contributed by atoms with Crippen molar-refractivity contribution in [2.24, 2.45) is 5.16 Å². The molecule has 1 rings (SSSR count). The Balaban J connectivity index is 2.76. The number of rotatable bonds is 3. The fourth-order valence-electron chi connectivity index (χ4n) is 0.927. The largest absolute Gasteiger partial charge is 0.433 e. The first kappa shape index (κ1) is 11.7. The minimum absolute atomic E-state index is 0.522. The van der Waals surface area contributed by atoms with E-state index in [-0.39, 0.29) is 0 Å². The SMILES string of the molecule is CNC(=O)ON=C(CBr)c1ccccc1. The number of halogens is 1. The molecule has 1 N–H and O–H groups in total. The predicted octanol–water partition coefficient (Wildman–Crippen LogP) is 2.14. The van der Waals surface area contributed by atoms with Crippen molar-refractivity contribution < 1.29 is 9.63 Å². The van der Waals surface area contributed by atoms with Gasteiger partial charge < -0.3 is 5.32 Å². The Kier molecular flexibility index (Phi) is 4.83. The Bertz CT molecular complexity index is 352. The molecule has 0 aromatic heterocycles. The van der Waals surface area contributed by atoms with E-state index in [9.17, 15) is 4.79 Å². The van der Waals surface area contributed by atoms with Crippen LogP contribution in [0.1, 0.15) is 5.56 Å². The highest BCUT2D eigenvalue weighted by Gasteiger charge is 2.03. The van der Waals surface area contributed by atoms with Gasteiger partial charge in [-0.2, -0.15) is 0 Å². The molecule has 1 amide bonds. The molecule has 0 aliphatic heterocycles. The molecule has 4 nitrogen and oxygen atoms in total. The molecule has 0 bridgehead atoms. The minimum atomic E-state index is -0.579. The van der Waals surface area contributed by atoms with E-state index in [1.807, 2.05) is 30.3 Å². The van der Waals surface area contributed by atoms with Crippen LogP contribution in [0.15, 0.2) is 35.5 Å². The van der Waals surface area contributed by atoms with E-state index in [4.69, 9.17) is 0 Å². The Morgan fingerprint density at radius 1 is 1.47 bits per heavy atom. The summed E-state index contributed by atoms with van der Waals surface area (Å²) in [5.74, 6) is 0. The van der Waals surface area contributed by atoms with Gasteiger partial charge in [-0.1, -0.05) is 51.4 Å². The number of carbonyl (C=O) groups excluding carboxylic acids is 1. The highest BCUT2D eigenvalue weighted by Crippen LogP contribution is 2.04. The summed E-state index contributed by atoms with van der Waals surface area (Å²) in [6.45, 7) is 0. The fourth-order valence-corrected chi connectivity index (χ4v) is 1.35. The first-order chi connectivity index (χ1) is 7.27. The van der Waals surface area contributed by atoms with Crippen LogP contribution in [0, 0.1) is 0 Å². The lowest BCUT2D eigenvalue weighted by atomic mass is 10.1. The average Bonchev–Trinajstić information content (AvgIpc) is 2.31. The van der Waals surface area contributed by atoms with E-state index < -0.39 is 6.09 Å². The van der Waals surface area contributed by atoms with Gasteiger partial charge in [0.15, 0.2) is 0 Å². The third-order valence-corrected chi connectivity index (χ3v) is 2.21. The number of oxime groups is 1. The van der Waals surface area contributed by atoms with Crippen molar-refractivity contribution in [3.63, 3.8) is 0 Å². The van der Waals surface area contributed by atoms with Gasteiger partial charge in [0.2, 0.25) is 0 Å². The second kappa shape index (κ2) is 6.19. The van der Waals surface area contributed by atoms with Gasteiger partial charge in [-0.25, -0.2) is 4.79 Å². The first-order valence-corrected chi connectivity index (χ1v) is 5.47. The number of nitrogens with one attached hydrogen (secondary N) is 1. The molecule has 15 heavy (non-hydrogen) atoms. The van der Waals surface area contributed by atoms with Crippen molar-refractivity contribution >= 4 is 27.7 Å². The molecular weight excluding hydrogens is 260 g/mol. The maximum Gasteiger partial charge on any atom is 0.433 e. The monoisotopic (exact) mass is 270 g/mol. The van der Waals surface area contributed by atoms with Crippen molar-refractivity contribution in [1.29, 1.82) is 0 Å². The van der Waals surface area contributed by atoms with Crippen LogP contribution in [0.5, 0.6) is 0 Å². The summed E-state index contributed by atoms with van der Waals surface area (Å²) in [7, 11) is 1.48. The van der Waals surface area contributed by atoms with Crippen LogP contribution in [-0.2, 0) is 4.84 Å². The molecule has 0 aliphatic carbocycles. The topological polar surface area (TPSA) is 50.7 Å². The van der Waals surface area contributed by atoms with Crippen molar-refractivity contribution in [2.45, 2.75) is 0 Å². The molecule has 0 heterocycles. The van der Waals surface area contributed by atoms with Crippen LogP contribution >= 0.6 is 15.9 Å². The number of nitrogens with zero attached hydrogens (tertiary/aromatic N) is 1. The molecule has 0 aliphatic rings. The minimum Gasteiger partial charge on any atom is -0.323 e. The Morgan fingerprint density at radius 2 is 2.13 bits per heavy atom. The van der Waals surface area contributed by atoms with Crippen LogP contribution in [0.2, 0.25) is 0 Å². The number of amides is 1. The third-order valence-electron chi connectivity index (χ3n) is 1.68. The van der Waals surface area contributed by atoms with E-state index in [0.29, 0.717) is 11.0 Å². The molecule has 0 saturated carbocycles. The van der Waals surface area contributed by atoms with Gasteiger partial charge in [0.05, 0.1) is 5.71 Å². The molecule has 0 atom stereocenters. The van der Waals surface area contributed by atoms with Crippen molar-refractivity contribution in [3.05, 3.63) is 35.9 Å². The maximum absolute atomic E-state index is 10.8. The normalized spacial score (nSPS) is 10.9. The highest BCUT2D eigenvalue weighted by atomic mass is 79.9. The summed E-state index contributed by atoms with van der Waals surface area (Å²) in [5.41, 5.74) is 1.58. The fraction of sp³-hybridized carbons (Fsp3) is 0.200. The Labute approximate surface area is 96.4 Å². The summed E-state index contributed by atoms with van der Waals surface area (Å²) < 4.78 is 0. The standard InChI is InChI=1S/C10H11BrN2O2/c1-12-10(14)15-13-9(7-11)8-5-3-2-4-6-8/h2-6H,7H2,1H3,(H,12,14). The van der Waals surface area contributed by atoms with E-state index in [2.05, 4.69) is 31.2 Å². The van der Waals surface area contributed by atoms with Gasteiger partial charge in [0.1, 0.15) is 0 Å². The van der Waals surface area contributed by atoms with Crippen molar-refractivity contribution in [3.8, 4) is 0 Å². The van der Waals surface area contributed by atoms with Gasteiger partial charge in [-0.15, -0.1) is 0 Å². The van der Waals surface area contributed by atoms with Gasteiger partial charge in [-0.3, -0.25) is 4.84 Å². The number of benzene rings is 1. The molecule has 0 fully saturated rings. The molecule has 1 aromatic rings. The molecule has 0 unspecified atom stereocenters. The number of hydrogen-bond acceptors (Lipinski definition) is 3. The van der Waals surface area contributed by atoms with E-state index in [1.165, 1.54) is 7.05 Å². The van der Waals surface area contributed by atoms with Gasteiger partial charge in [0, 0.05) is 17.9 Å². The number of carbonyl (C=O) groups is 1. The lowest BCUT2D eigenvalue weighted by Gasteiger charge is -2.01. The van der Waals surface area contributed by atoms with Gasteiger partial charge in [0.25, 0.3) is 0 Å². The Hall–Kier alpha value is -1.36. The second-order valence-corrected chi connectivity index (χ2v) is 3.23. The number of hydrogen-bond donors (Lipinski definition) is 1. The molecule has 80 valence electrons. The zero-order chi connectivity index (χ0) is 11.1. The van der Waals surface area contributed by atoms with Gasteiger partial charge >= 0.3 is 6.09 Å². The maximum atomic E-state index is 10.8. The molecule has 0 radical (unpaired) electrons. The summed E-state index contributed by atoms with van der Waals surface area (Å²) in [6, 6.07) is 9.50. The van der Waals surface area contributed by atoms with Crippen LogP contribution in [-0.4, -0.2) is 24.2 Å². The van der Waals surface area contributed by atoms with Crippen molar-refractivity contribution in [1.82, 2.24) is 5.32 Å². The highest BCUT2D eigenvalue weighted by molar-refractivity contribution is 9.09. The number of alkyl halides is 1. The summed E-state index contributed by atoms with van der Waals surface area (Å²) >= 11 is 3.28. The molecule has 0 spiro atoms. The molecule has 1 aromatic carbocycles. The lowest BCUT2D eigenvalue weighted by Crippen LogP contribution is -2.18. The van der Waals surface area contributed by atoms with E-state index in [1.54, 1.807) is 0 Å². The van der Waals surface area contributed by atoms with Crippen LogP contribution in [0.3, 0.4) is 0 Å². The summed E-state index contributed by atoms with van der Waals surface area (Å²) in [6.07, 6.45) is -0.579. The first-order valence-electron chi connectivity index (χ1n) is 4.35. The average molecular weight is 271 g/mol. The second-order valence-electron chi connectivity index (χ2n) is 2.67. The van der Waals surface area contributed by atoms with E-state index in [0.717, 1.165) is 5.56 Å². The summed E-state index contributed by atoms with van der Waals surface area (Å²) in [5, 5.41) is 6.58. The van der Waals surface area contributed by atoms with Crippen LogP contribution in [0.25, 0.3) is 0 Å². The quantitative estimate of drug-likeness (QED) is 0.396. The van der Waals surface area contributed by atoms with E-state index >= 15 is 0 Å². The van der Waals surface area contributed by atoms with Crippen LogP contribution in [0.4, 0.5) is 4.79 Å². The zero-order valence-corrected chi connectivity index (χ0v) is 9.82. The van der Waals surface area contributed by atoms with Crippen molar-refractivity contribution in [2.75, 3.05) is 12.4 Å². The molecule has 0 saturated heterocycles. The summed E-state index contributed by atoms with van der Waals surface area (Å²) in [4.78, 5) is 15.4. The Morgan fingerprint density at radius 3 is 2.67 bits per heavy atom.